The molecule has 1 fully saturated rings. The Morgan fingerprint density at radius 1 is 1.27 bits per heavy atom. The Balaban J connectivity index is 0.00000338. The number of benzene rings is 1. The monoisotopic (exact) mass is 473 g/mol. The van der Waals surface area contributed by atoms with E-state index in [9.17, 15) is 9.59 Å². The number of halogens is 1. The Kier molecular flexibility index (Phi) is 9.39. The molecule has 0 aromatic heterocycles. The van der Waals surface area contributed by atoms with Gasteiger partial charge in [0.2, 0.25) is 11.8 Å². The fraction of sp³-hybridized carbons (Fsp3) is 0.500. The minimum absolute atomic E-state index is 0. The van der Waals surface area contributed by atoms with Gasteiger partial charge in [-0.05, 0) is 18.6 Å². The first-order valence-corrected chi connectivity index (χ1v) is 8.60. The molecule has 7 nitrogen and oxygen atoms in total. The van der Waals surface area contributed by atoms with Gasteiger partial charge in [0.15, 0.2) is 5.96 Å². The Labute approximate surface area is 172 Å². The summed E-state index contributed by atoms with van der Waals surface area (Å²) < 4.78 is 0. The van der Waals surface area contributed by atoms with Crippen molar-refractivity contribution in [3.05, 3.63) is 30.3 Å². The van der Waals surface area contributed by atoms with Crippen molar-refractivity contribution in [3.63, 3.8) is 0 Å². The lowest BCUT2D eigenvalue weighted by atomic mass is 10.2. The summed E-state index contributed by atoms with van der Waals surface area (Å²) in [5.74, 6) is 0.608. The molecule has 0 bridgehead atoms. The highest BCUT2D eigenvalue weighted by Crippen LogP contribution is 2.12. The normalized spacial score (nSPS) is 16.8. The first-order valence-electron chi connectivity index (χ1n) is 8.60. The Morgan fingerprint density at radius 2 is 1.96 bits per heavy atom. The molecule has 144 valence electrons. The Morgan fingerprint density at radius 3 is 2.58 bits per heavy atom. The third-order valence-corrected chi connectivity index (χ3v) is 4.03. The topological polar surface area (TPSA) is 85.8 Å². The predicted octanol–water partition coefficient (Wildman–Crippen LogP) is 1.66. The van der Waals surface area contributed by atoms with Gasteiger partial charge >= 0.3 is 0 Å². The summed E-state index contributed by atoms with van der Waals surface area (Å²) in [7, 11) is 1.66. The highest BCUT2D eigenvalue weighted by atomic mass is 127. The second-order valence-corrected chi connectivity index (χ2v) is 6.41. The molecule has 1 aromatic rings. The number of rotatable bonds is 5. The lowest BCUT2D eigenvalue weighted by molar-refractivity contribution is -0.133. The van der Waals surface area contributed by atoms with E-state index in [4.69, 9.17) is 0 Å². The summed E-state index contributed by atoms with van der Waals surface area (Å²) >= 11 is 0. The van der Waals surface area contributed by atoms with Crippen molar-refractivity contribution in [1.29, 1.82) is 0 Å². The highest BCUT2D eigenvalue weighted by Gasteiger charge is 2.27. The van der Waals surface area contributed by atoms with E-state index in [0.717, 1.165) is 18.7 Å². The minimum Gasteiger partial charge on any atom is -0.352 e. The van der Waals surface area contributed by atoms with Crippen molar-refractivity contribution in [3.8, 4) is 0 Å². The summed E-state index contributed by atoms with van der Waals surface area (Å²) in [5.41, 5.74) is 0.760. The summed E-state index contributed by atoms with van der Waals surface area (Å²) in [6.45, 7) is 5.36. The lowest BCUT2D eigenvalue weighted by Crippen LogP contribution is -2.47. The molecule has 1 heterocycles. The van der Waals surface area contributed by atoms with Gasteiger partial charge in [0.05, 0.1) is 6.54 Å². The van der Waals surface area contributed by atoms with Gasteiger partial charge < -0.3 is 20.9 Å². The molecule has 8 heteroatoms. The van der Waals surface area contributed by atoms with E-state index in [0.29, 0.717) is 12.5 Å². The lowest BCUT2D eigenvalue weighted by Gasteiger charge is -2.20. The number of aliphatic imine (C=N–C) groups is 1. The third kappa shape index (κ3) is 6.81. The standard InChI is InChI=1S/C18H27N5O2.HI/c1-13(2)17(25)23-10-9-15(12-23)22-18(19-3)20-11-16(24)21-14-7-5-4-6-8-14;/h4-8,13,15H,9-12H2,1-3H3,(H,21,24)(H2,19,20,22);1H. The van der Waals surface area contributed by atoms with Crippen LogP contribution in [0.4, 0.5) is 5.69 Å². The van der Waals surface area contributed by atoms with Crippen LogP contribution in [0.15, 0.2) is 35.3 Å². The predicted molar refractivity (Wildman–Crippen MR) is 115 cm³/mol. The zero-order chi connectivity index (χ0) is 18.2. The largest absolute Gasteiger partial charge is 0.352 e. The molecule has 26 heavy (non-hydrogen) atoms. The second-order valence-electron chi connectivity index (χ2n) is 6.41. The van der Waals surface area contributed by atoms with E-state index < -0.39 is 0 Å². The summed E-state index contributed by atoms with van der Waals surface area (Å²) in [4.78, 5) is 30.0. The number of carbonyl (C=O) groups excluding carboxylic acids is 2. The smallest absolute Gasteiger partial charge is 0.243 e. The van der Waals surface area contributed by atoms with E-state index in [1.807, 2.05) is 49.1 Å². The molecule has 0 radical (unpaired) electrons. The van der Waals surface area contributed by atoms with Crippen molar-refractivity contribution in [2.45, 2.75) is 26.3 Å². The van der Waals surface area contributed by atoms with Crippen LogP contribution in [0.5, 0.6) is 0 Å². The maximum Gasteiger partial charge on any atom is 0.243 e. The minimum atomic E-state index is -0.141. The molecular formula is C18H28IN5O2. The number of likely N-dealkylation sites (tertiary alicyclic amines) is 1. The number of hydrogen-bond acceptors (Lipinski definition) is 3. The van der Waals surface area contributed by atoms with Crippen LogP contribution in [-0.2, 0) is 9.59 Å². The van der Waals surface area contributed by atoms with Crippen molar-refractivity contribution in [1.82, 2.24) is 15.5 Å². The van der Waals surface area contributed by atoms with Crippen LogP contribution in [0.3, 0.4) is 0 Å². The average Bonchev–Trinajstić information content (AvgIpc) is 3.07. The Hall–Kier alpha value is -1.84. The summed E-state index contributed by atoms with van der Waals surface area (Å²) in [5, 5.41) is 9.09. The second kappa shape index (κ2) is 11.0. The molecule has 1 unspecified atom stereocenters. The number of nitrogens with zero attached hydrogens (tertiary/aromatic N) is 2. The van der Waals surface area contributed by atoms with Crippen molar-refractivity contribution in [2.75, 3.05) is 32.0 Å². The first-order chi connectivity index (χ1) is 12.0. The van der Waals surface area contributed by atoms with Crippen LogP contribution < -0.4 is 16.0 Å². The molecule has 1 aliphatic heterocycles. The zero-order valence-corrected chi connectivity index (χ0v) is 17.8. The number of amides is 2. The van der Waals surface area contributed by atoms with E-state index in [1.165, 1.54) is 0 Å². The zero-order valence-electron chi connectivity index (χ0n) is 15.5. The van der Waals surface area contributed by atoms with Crippen LogP contribution >= 0.6 is 24.0 Å². The maximum absolute atomic E-state index is 12.0. The number of hydrogen-bond donors (Lipinski definition) is 3. The molecule has 1 aliphatic rings. The average molecular weight is 473 g/mol. The van der Waals surface area contributed by atoms with Crippen LogP contribution in [0.1, 0.15) is 20.3 Å². The molecule has 0 spiro atoms. The van der Waals surface area contributed by atoms with E-state index in [-0.39, 0.29) is 54.3 Å². The van der Waals surface area contributed by atoms with E-state index in [2.05, 4.69) is 20.9 Å². The number of guanidine groups is 1. The number of nitrogens with one attached hydrogen (secondary N) is 3. The van der Waals surface area contributed by atoms with Gasteiger partial charge in [-0.25, -0.2) is 0 Å². The molecular weight excluding hydrogens is 445 g/mol. The van der Waals surface area contributed by atoms with Crippen LogP contribution in [0, 0.1) is 5.92 Å². The van der Waals surface area contributed by atoms with Gasteiger partial charge in [-0.3, -0.25) is 14.6 Å². The van der Waals surface area contributed by atoms with Crippen LogP contribution in [0.25, 0.3) is 0 Å². The fourth-order valence-electron chi connectivity index (χ4n) is 2.72. The quantitative estimate of drug-likeness (QED) is 0.345. The highest BCUT2D eigenvalue weighted by molar-refractivity contribution is 14.0. The van der Waals surface area contributed by atoms with Gasteiger partial charge in [-0.1, -0.05) is 32.0 Å². The number of carbonyl (C=O) groups is 2. The van der Waals surface area contributed by atoms with Crippen LogP contribution in [-0.4, -0.2) is 55.4 Å². The SMILES string of the molecule is CN=C(NCC(=O)Nc1ccccc1)NC1CCN(C(=O)C(C)C)C1.I. The number of para-hydroxylation sites is 1. The third-order valence-electron chi connectivity index (χ3n) is 4.03. The Bertz CT molecular complexity index is 621. The van der Waals surface area contributed by atoms with Gasteiger partial charge in [0, 0.05) is 37.8 Å². The molecule has 0 saturated carbocycles. The molecule has 0 aliphatic carbocycles. The van der Waals surface area contributed by atoms with Crippen molar-refractivity contribution in [2.24, 2.45) is 10.9 Å². The molecule has 1 atom stereocenters. The number of anilines is 1. The van der Waals surface area contributed by atoms with Gasteiger partial charge in [0.25, 0.3) is 0 Å². The molecule has 1 saturated heterocycles. The fourth-order valence-corrected chi connectivity index (χ4v) is 2.72. The first kappa shape index (κ1) is 22.2. The van der Waals surface area contributed by atoms with Gasteiger partial charge in [-0.2, -0.15) is 0 Å². The van der Waals surface area contributed by atoms with Crippen LogP contribution in [0.2, 0.25) is 0 Å². The maximum atomic E-state index is 12.0. The summed E-state index contributed by atoms with van der Waals surface area (Å²) in [6.07, 6.45) is 0.870. The van der Waals surface area contributed by atoms with E-state index in [1.54, 1.807) is 7.05 Å². The van der Waals surface area contributed by atoms with Gasteiger partial charge in [0.1, 0.15) is 0 Å². The molecule has 1 aromatic carbocycles. The molecule has 2 rings (SSSR count). The van der Waals surface area contributed by atoms with Gasteiger partial charge in [-0.15, -0.1) is 24.0 Å². The van der Waals surface area contributed by atoms with Crippen molar-refractivity contribution < 1.29 is 9.59 Å². The molecule has 2 amide bonds. The van der Waals surface area contributed by atoms with Crippen molar-refractivity contribution >= 4 is 47.4 Å². The van der Waals surface area contributed by atoms with E-state index >= 15 is 0 Å². The molecule has 3 N–H and O–H groups in total. The summed E-state index contributed by atoms with van der Waals surface area (Å²) in [6, 6.07) is 9.45.